The van der Waals surface area contributed by atoms with Crippen LogP contribution in [-0.2, 0) is 5.41 Å². The van der Waals surface area contributed by atoms with Crippen molar-refractivity contribution in [3.05, 3.63) is 54.2 Å². The minimum atomic E-state index is -0.199. The van der Waals surface area contributed by atoms with E-state index in [1.54, 1.807) is 12.1 Å². The zero-order valence-corrected chi connectivity index (χ0v) is 15.0. The molecule has 3 nitrogen and oxygen atoms in total. The van der Waals surface area contributed by atoms with Crippen molar-refractivity contribution in [1.29, 1.82) is 0 Å². The molecule has 2 saturated carbocycles. The van der Waals surface area contributed by atoms with E-state index < -0.39 is 0 Å². The van der Waals surface area contributed by atoms with E-state index in [9.17, 15) is 4.39 Å². The predicted molar refractivity (Wildman–Crippen MR) is 96.4 cm³/mol. The molecule has 5 heteroatoms. The summed E-state index contributed by atoms with van der Waals surface area (Å²) in [6.07, 6.45) is 8.24. The molecule has 3 aromatic rings. The van der Waals surface area contributed by atoms with Gasteiger partial charge in [-0.2, -0.15) is 0 Å². The summed E-state index contributed by atoms with van der Waals surface area (Å²) in [6, 6.07) is 10.9. The summed E-state index contributed by atoms with van der Waals surface area (Å²) in [4.78, 5) is 1.56. The number of nitrogens with zero attached hydrogens (tertiary/aromatic N) is 3. The summed E-state index contributed by atoms with van der Waals surface area (Å²) in [5.74, 6) is 0.898. The molecule has 0 atom stereocenters. The van der Waals surface area contributed by atoms with Gasteiger partial charge in [-0.25, -0.2) is 4.39 Å². The molecule has 2 heterocycles. The van der Waals surface area contributed by atoms with Crippen LogP contribution in [0.5, 0.6) is 0 Å². The monoisotopic (exact) mass is 353 g/mol. The zero-order chi connectivity index (χ0) is 17.1. The van der Waals surface area contributed by atoms with Crippen molar-refractivity contribution in [2.24, 2.45) is 5.41 Å². The van der Waals surface area contributed by atoms with E-state index in [0.717, 1.165) is 16.4 Å². The van der Waals surface area contributed by atoms with Gasteiger partial charge in [0, 0.05) is 16.5 Å². The summed E-state index contributed by atoms with van der Waals surface area (Å²) >= 11 is 1.42. The highest BCUT2D eigenvalue weighted by atomic mass is 32.2. The van der Waals surface area contributed by atoms with Gasteiger partial charge >= 0.3 is 0 Å². The van der Waals surface area contributed by atoms with Crippen LogP contribution >= 0.6 is 11.8 Å². The number of hydrogen-bond acceptors (Lipinski definition) is 3. The Bertz CT molecular complexity index is 956. The van der Waals surface area contributed by atoms with E-state index in [2.05, 4.69) is 27.7 Å². The predicted octanol–water partition coefficient (Wildman–Crippen LogP) is 5.24. The number of benzene rings is 1. The molecule has 0 amide bonds. The topological polar surface area (TPSA) is 30.2 Å². The Morgan fingerprint density at radius 1 is 1.00 bits per heavy atom. The highest BCUT2D eigenvalue weighted by Crippen LogP contribution is 2.61. The first-order valence-electron chi connectivity index (χ1n) is 8.85. The molecule has 5 rings (SSSR count). The summed E-state index contributed by atoms with van der Waals surface area (Å²) in [5, 5.41) is 9.10. The molecule has 0 spiro atoms. The molecule has 0 saturated heterocycles. The highest BCUT2D eigenvalue weighted by molar-refractivity contribution is 7.99. The van der Waals surface area contributed by atoms with Crippen LogP contribution in [0.2, 0.25) is 0 Å². The van der Waals surface area contributed by atoms with Gasteiger partial charge in [-0.05, 0) is 61.8 Å². The number of pyridine rings is 1. The summed E-state index contributed by atoms with van der Waals surface area (Å²) in [7, 11) is 0. The second kappa shape index (κ2) is 5.31. The lowest BCUT2D eigenvalue weighted by molar-refractivity contribution is 0.325. The van der Waals surface area contributed by atoms with E-state index in [1.807, 2.05) is 18.2 Å². The summed E-state index contributed by atoms with van der Waals surface area (Å²) in [6.45, 7) is 2.41. The molecular formula is C20H20FN3S. The van der Waals surface area contributed by atoms with Gasteiger partial charge in [0.05, 0.1) is 4.90 Å². The highest BCUT2D eigenvalue weighted by Gasteiger charge is 2.54. The van der Waals surface area contributed by atoms with Gasteiger partial charge in [0.15, 0.2) is 5.65 Å². The van der Waals surface area contributed by atoms with E-state index >= 15 is 0 Å². The minimum Gasteiger partial charge on any atom is -0.285 e. The molecule has 2 bridgehead atoms. The van der Waals surface area contributed by atoms with Crippen LogP contribution in [0.25, 0.3) is 5.65 Å². The number of fused-ring (bicyclic) bond motifs is 3. The third-order valence-corrected chi connectivity index (χ3v) is 7.20. The fraction of sp³-hybridized carbons (Fsp3) is 0.400. The quantitative estimate of drug-likeness (QED) is 0.645. The first-order valence-corrected chi connectivity index (χ1v) is 9.67. The second-order valence-electron chi connectivity index (χ2n) is 7.89. The van der Waals surface area contributed by atoms with E-state index in [-0.39, 0.29) is 11.2 Å². The molecule has 2 fully saturated rings. The van der Waals surface area contributed by atoms with Gasteiger partial charge in [-0.1, -0.05) is 30.8 Å². The SMILES string of the molecule is CC12CCC(c3nnc4c(Sc5ccccc5F)cccn34)(CC1)C2. The molecule has 25 heavy (non-hydrogen) atoms. The van der Waals surface area contributed by atoms with Crippen LogP contribution in [0, 0.1) is 11.2 Å². The standard InChI is InChI=1S/C20H20FN3S/c1-19-8-10-20(13-19,11-9-19)18-23-22-17-16(7-4-12-24(17)18)25-15-6-3-2-5-14(15)21/h2-7,12H,8-11,13H2,1H3. The molecule has 128 valence electrons. The van der Waals surface area contributed by atoms with Gasteiger partial charge in [0.1, 0.15) is 11.6 Å². The minimum absolute atomic E-state index is 0.176. The Hall–Kier alpha value is -1.88. The van der Waals surface area contributed by atoms with Crippen LogP contribution in [0.3, 0.4) is 0 Å². The van der Waals surface area contributed by atoms with Crippen molar-refractivity contribution in [1.82, 2.24) is 14.6 Å². The molecule has 0 aliphatic heterocycles. The fourth-order valence-corrected chi connectivity index (χ4v) is 5.71. The van der Waals surface area contributed by atoms with Crippen molar-refractivity contribution in [2.75, 3.05) is 0 Å². The second-order valence-corrected chi connectivity index (χ2v) is 8.97. The lowest BCUT2D eigenvalue weighted by atomic mass is 9.82. The molecule has 0 N–H and O–H groups in total. The lowest BCUT2D eigenvalue weighted by Gasteiger charge is -2.24. The number of aromatic nitrogens is 3. The van der Waals surface area contributed by atoms with Crippen LogP contribution in [-0.4, -0.2) is 14.6 Å². The van der Waals surface area contributed by atoms with Gasteiger partial charge in [-0.3, -0.25) is 4.40 Å². The maximum Gasteiger partial charge on any atom is 0.174 e. The van der Waals surface area contributed by atoms with E-state index in [0.29, 0.717) is 10.3 Å². The van der Waals surface area contributed by atoms with E-state index in [1.165, 1.54) is 49.9 Å². The number of rotatable bonds is 3. The fourth-order valence-electron chi connectivity index (χ4n) is 4.78. The Morgan fingerprint density at radius 3 is 2.48 bits per heavy atom. The number of halogens is 1. The van der Waals surface area contributed by atoms with Gasteiger partial charge in [-0.15, -0.1) is 10.2 Å². The Labute approximate surface area is 150 Å². The van der Waals surface area contributed by atoms with Gasteiger partial charge in [0.25, 0.3) is 0 Å². The third-order valence-electron chi connectivity index (χ3n) is 6.11. The van der Waals surface area contributed by atoms with Gasteiger partial charge < -0.3 is 0 Å². The van der Waals surface area contributed by atoms with Crippen molar-refractivity contribution in [3.63, 3.8) is 0 Å². The van der Waals surface area contributed by atoms with Crippen LogP contribution in [0.4, 0.5) is 4.39 Å². The van der Waals surface area contributed by atoms with Crippen LogP contribution in [0.1, 0.15) is 44.9 Å². The van der Waals surface area contributed by atoms with Crippen molar-refractivity contribution >= 4 is 17.4 Å². The Morgan fingerprint density at radius 2 is 1.76 bits per heavy atom. The molecular weight excluding hydrogens is 333 g/mol. The third kappa shape index (κ3) is 2.32. The van der Waals surface area contributed by atoms with Crippen molar-refractivity contribution < 1.29 is 4.39 Å². The molecule has 1 aromatic carbocycles. The summed E-state index contributed by atoms with van der Waals surface area (Å²) < 4.78 is 16.2. The average Bonchev–Trinajstić information content (AvgIpc) is 3.28. The maximum atomic E-state index is 14.0. The van der Waals surface area contributed by atoms with Crippen molar-refractivity contribution in [2.45, 2.75) is 54.2 Å². The summed E-state index contributed by atoms with van der Waals surface area (Å²) in [5.41, 5.74) is 1.49. The Kier molecular flexibility index (Phi) is 3.26. The normalized spacial score (nSPS) is 28.1. The van der Waals surface area contributed by atoms with Crippen LogP contribution in [0.15, 0.2) is 52.4 Å². The van der Waals surface area contributed by atoms with Gasteiger partial charge in [0.2, 0.25) is 0 Å². The maximum absolute atomic E-state index is 14.0. The van der Waals surface area contributed by atoms with E-state index in [4.69, 9.17) is 0 Å². The molecule has 2 aliphatic carbocycles. The smallest absolute Gasteiger partial charge is 0.174 e. The lowest BCUT2D eigenvalue weighted by Crippen LogP contribution is -2.23. The Balaban J connectivity index is 1.58. The van der Waals surface area contributed by atoms with Crippen LogP contribution < -0.4 is 0 Å². The molecule has 2 aromatic heterocycles. The number of hydrogen-bond donors (Lipinski definition) is 0. The first kappa shape index (κ1) is 15.4. The zero-order valence-electron chi connectivity index (χ0n) is 14.2. The molecule has 0 unspecified atom stereocenters. The largest absolute Gasteiger partial charge is 0.285 e. The average molecular weight is 353 g/mol. The molecule has 2 aliphatic rings. The first-order chi connectivity index (χ1) is 12.1. The molecule has 0 radical (unpaired) electrons. The van der Waals surface area contributed by atoms with Crippen molar-refractivity contribution in [3.8, 4) is 0 Å².